The molecule has 6 rings (SSSR count). The average Bonchev–Trinajstić information content (AvgIpc) is 3.62. The van der Waals surface area contributed by atoms with Gasteiger partial charge in [0.1, 0.15) is 36.0 Å². The molecule has 2 aliphatic rings. The number of nitrogens with zero attached hydrogens (tertiary/aromatic N) is 4. The van der Waals surface area contributed by atoms with Crippen molar-refractivity contribution in [2.45, 2.75) is 62.3 Å². The van der Waals surface area contributed by atoms with Crippen LogP contribution in [-0.4, -0.2) is 92.5 Å². The summed E-state index contributed by atoms with van der Waals surface area (Å²) in [5.41, 5.74) is 5.71. The lowest BCUT2D eigenvalue weighted by atomic mass is 9.70. The van der Waals surface area contributed by atoms with Crippen molar-refractivity contribution in [3.63, 3.8) is 0 Å². The number of carbonyl (C=O) groups excluding carboxylic acids is 2. The van der Waals surface area contributed by atoms with Crippen LogP contribution in [0.2, 0.25) is 0 Å². The van der Waals surface area contributed by atoms with E-state index in [9.17, 15) is 24.4 Å². The van der Waals surface area contributed by atoms with E-state index in [4.69, 9.17) is 29.2 Å². The lowest BCUT2D eigenvalue weighted by molar-refractivity contribution is -0.170. The molecule has 4 aromatic rings. The molecule has 6 N–H and O–H groups in total. The number of methoxy groups -OCH3 is 1. The van der Waals surface area contributed by atoms with Gasteiger partial charge in [-0.1, -0.05) is 60.7 Å². The summed E-state index contributed by atoms with van der Waals surface area (Å²) in [7, 11) is -3.06. The number of aromatic nitrogens is 4. The molecule has 3 heterocycles. The van der Waals surface area contributed by atoms with Gasteiger partial charge in [-0.3, -0.25) is 4.57 Å². The Labute approximate surface area is 293 Å². The van der Waals surface area contributed by atoms with Crippen LogP contribution in [0.25, 0.3) is 11.2 Å². The van der Waals surface area contributed by atoms with Crippen LogP contribution in [0.3, 0.4) is 0 Å². The SMILES string of the molecule is CCOC(=O)[C@@H](NP(=O)(N[C@H](C(=O)OCC)c1ccccc1)OC[C@H]1O[C@H]2C(n3cnc4c(OC)nc(N)nc43)C[C@]2(O)C1O)c1ccccc1. The number of nitrogens with one attached hydrogen (secondary N) is 2. The van der Waals surface area contributed by atoms with E-state index in [1.165, 1.54) is 13.4 Å². The van der Waals surface area contributed by atoms with Crippen LogP contribution >= 0.6 is 7.67 Å². The smallest absolute Gasteiger partial charge is 0.342 e. The number of nitrogens with two attached hydrogens (primary N) is 1. The number of aliphatic hydroxyl groups is 2. The van der Waals surface area contributed by atoms with E-state index in [0.717, 1.165) is 0 Å². The summed E-state index contributed by atoms with van der Waals surface area (Å²) in [6.45, 7) is 2.82. The highest BCUT2D eigenvalue weighted by molar-refractivity contribution is 7.54. The molecule has 2 fully saturated rings. The van der Waals surface area contributed by atoms with Gasteiger partial charge in [0.15, 0.2) is 11.2 Å². The molecular weight excluding hydrogens is 685 g/mol. The molecule has 2 aromatic heterocycles. The zero-order chi connectivity index (χ0) is 36.3. The van der Waals surface area contributed by atoms with Crippen LogP contribution in [0.4, 0.5) is 5.95 Å². The van der Waals surface area contributed by atoms with Crippen molar-refractivity contribution in [3.05, 3.63) is 78.1 Å². The number of benzene rings is 2. The minimum atomic E-state index is -4.48. The molecule has 0 radical (unpaired) electrons. The first-order chi connectivity index (χ1) is 24.5. The van der Waals surface area contributed by atoms with Crippen molar-refractivity contribution >= 4 is 36.7 Å². The number of fused-ring (bicyclic) bond motifs is 2. The maximum Gasteiger partial charge on any atom is 0.342 e. The van der Waals surface area contributed by atoms with Crippen LogP contribution in [0.5, 0.6) is 5.88 Å². The van der Waals surface area contributed by atoms with Gasteiger partial charge in [0, 0.05) is 6.42 Å². The number of hydrogen-bond acceptors (Lipinski definition) is 14. The van der Waals surface area contributed by atoms with Crippen molar-refractivity contribution < 1.29 is 47.8 Å². The van der Waals surface area contributed by atoms with Gasteiger partial charge in [0.2, 0.25) is 11.8 Å². The van der Waals surface area contributed by atoms with Gasteiger partial charge >= 0.3 is 19.6 Å². The van der Waals surface area contributed by atoms with Crippen molar-refractivity contribution in [2.75, 3.05) is 32.7 Å². The summed E-state index contributed by atoms with van der Waals surface area (Å²) in [6, 6.07) is 13.7. The van der Waals surface area contributed by atoms with E-state index in [2.05, 4.69) is 25.1 Å². The lowest BCUT2D eigenvalue weighted by Gasteiger charge is -2.47. The second kappa shape index (κ2) is 15.0. The largest absolute Gasteiger partial charge is 0.479 e. The molecule has 0 spiro atoms. The molecule has 0 bridgehead atoms. The number of anilines is 1. The highest BCUT2D eigenvalue weighted by atomic mass is 31.2. The zero-order valence-electron chi connectivity index (χ0n) is 28.1. The number of rotatable bonds is 15. The number of imidazole rings is 1. The summed E-state index contributed by atoms with van der Waals surface area (Å²) in [5.74, 6) is -1.36. The molecule has 1 saturated heterocycles. The maximum absolute atomic E-state index is 14.9. The van der Waals surface area contributed by atoms with Gasteiger partial charge in [-0.15, -0.1) is 0 Å². The zero-order valence-corrected chi connectivity index (χ0v) is 29.0. The van der Waals surface area contributed by atoms with Crippen molar-refractivity contribution in [1.29, 1.82) is 0 Å². The number of hydrogen-bond donors (Lipinski definition) is 5. The molecule has 18 heteroatoms. The van der Waals surface area contributed by atoms with E-state index < -0.39 is 68.3 Å². The van der Waals surface area contributed by atoms with Crippen LogP contribution in [-0.2, 0) is 32.9 Å². The molecule has 51 heavy (non-hydrogen) atoms. The summed E-state index contributed by atoms with van der Waals surface area (Å²) >= 11 is 0. The molecule has 2 unspecified atom stereocenters. The first-order valence-electron chi connectivity index (χ1n) is 16.3. The summed E-state index contributed by atoms with van der Waals surface area (Å²) in [5, 5.41) is 28.3. The van der Waals surface area contributed by atoms with Crippen molar-refractivity contribution in [2.24, 2.45) is 0 Å². The summed E-state index contributed by atoms with van der Waals surface area (Å²) in [6.07, 6.45) is -2.07. The minimum Gasteiger partial charge on any atom is -0.479 e. The van der Waals surface area contributed by atoms with Gasteiger partial charge in [0.05, 0.1) is 39.3 Å². The third kappa shape index (κ3) is 7.19. The fourth-order valence-electron chi connectivity index (χ4n) is 6.38. The summed E-state index contributed by atoms with van der Waals surface area (Å²) in [4.78, 5) is 39.2. The standard InChI is InChI=1S/C33H40N7O10P/c1-4-47-30(42)23(19-12-8-6-9-13-19)38-51(45,39-24(31(43)48-5-2)20-14-10-7-11-15-20)49-17-22-26(41)33(44)16-21(27(33)50-22)40-18-35-25-28(40)36-32(34)37-29(25)46-3/h6-15,18,21-24,26-27,41,44H,4-5,16-17H2,1-3H3,(H2,34,36,37)(H2,38,39,45)/t21?,22-,23+,24+,26?,27+,33+/m1/s1. The van der Waals surface area contributed by atoms with E-state index in [-0.39, 0.29) is 31.5 Å². The normalized spacial score (nSPS) is 23.9. The molecule has 7 atom stereocenters. The number of esters is 2. The molecule has 272 valence electrons. The topological polar surface area (TPSA) is 232 Å². The Kier molecular flexibility index (Phi) is 10.7. The van der Waals surface area contributed by atoms with Gasteiger partial charge in [-0.25, -0.2) is 24.7 Å². The fourth-order valence-corrected chi connectivity index (χ4v) is 8.15. The molecule has 17 nitrogen and oxygen atoms in total. The van der Waals surface area contributed by atoms with Crippen molar-refractivity contribution in [3.8, 4) is 5.88 Å². The van der Waals surface area contributed by atoms with E-state index in [1.807, 2.05) is 0 Å². The van der Waals surface area contributed by atoms with Crippen LogP contribution in [0.15, 0.2) is 67.0 Å². The fraction of sp³-hybridized carbons (Fsp3) is 0.424. The Bertz CT molecular complexity index is 1830. The highest BCUT2D eigenvalue weighted by Gasteiger charge is 2.66. The Morgan fingerprint density at radius 3 is 2.12 bits per heavy atom. The monoisotopic (exact) mass is 725 g/mol. The minimum absolute atomic E-state index is 0.0404. The quantitative estimate of drug-likeness (QED) is 0.0873. The molecular formula is C33H40N7O10P. The van der Waals surface area contributed by atoms with E-state index in [1.54, 1.807) is 79.1 Å². The Morgan fingerprint density at radius 1 is 1.02 bits per heavy atom. The number of aliphatic hydroxyl groups excluding tert-OH is 1. The molecule has 2 aromatic carbocycles. The first kappa shape index (κ1) is 36.3. The number of nitrogen functional groups attached to an aromatic ring is 1. The Morgan fingerprint density at radius 2 is 1.59 bits per heavy atom. The van der Waals surface area contributed by atoms with Crippen molar-refractivity contribution in [1.82, 2.24) is 29.7 Å². The second-order valence-corrected chi connectivity index (χ2v) is 13.9. The van der Waals surface area contributed by atoms with Gasteiger partial charge in [-0.2, -0.15) is 9.97 Å². The predicted molar refractivity (Wildman–Crippen MR) is 181 cm³/mol. The first-order valence-corrected chi connectivity index (χ1v) is 18.0. The van der Waals surface area contributed by atoms with Crippen LogP contribution < -0.4 is 20.6 Å². The second-order valence-electron chi connectivity index (χ2n) is 12.0. The third-order valence-electron chi connectivity index (χ3n) is 8.85. The molecule has 1 aliphatic carbocycles. The van der Waals surface area contributed by atoms with E-state index >= 15 is 0 Å². The Balaban J connectivity index is 1.28. The predicted octanol–water partition coefficient (Wildman–Crippen LogP) is 2.13. The van der Waals surface area contributed by atoms with Gasteiger partial charge in [0.25, 0.3) is 0 Å². The van der Waals surface area contributed by atoms with Crippen LogP contribution in [0, 0.1) is 0 Å². The maximum atomic E-state index is 14.9. The Hall–Kier alpha value is -4.48. The number of carbonyl (C=O) groups is 2. The molecule has 1 saturated carbocycles. The summed E-state index contributed by atoms with van der Waals surface area (Å²) < 4.78 is 44.6. The average molecular weight is 726 g/mol. The lowest BCUT2D eigenvalue weighted by Crippen LogP contribution is -2.61. The highest BCUT2D eigenvalue weighted by Crippen LogP contribution is 2.54. The van der Waals surface area contributed by atoms with E-state index in [0.29, 0.717) is 22.3 Å². The number of ether oxygens (including phenoxy) is 4. The molecule has 1 aliphatic heterocycles. The van der Waals surface area contributed by atoms with Crippen LogP contribution in [0.1, 0.15) is 49.5 Å². The van der Waals surface area contributed by atoms with Gasteiger partial charge < -0.3 is 44.0 Å². The van der Waals surface area contributed by atoms with Gasteiger partial charge in [-0.05, 0) is 25.0 Å². The molecule has 0 amide bonds. The third-order valence-corrected chi connectivity index (χ3v) is 10.6.